The van der Waals surface area contributed by atoms with Gasteiger partial charge in [0.15, 0.2) is 6.61 Å². The predicted octanol–water partition coefficient (Wildman–Crippen LogP) is 1.74. The smallest absolute Gasteiger partial charge is 0.422 e. The topological polar surface area (TPSA) is 87.0 Å². The average Bonchev–Trinajstić information content (AvgIpc) is 2.24. The van der Waals surface area contributed by atoms with Gasteiger partial charge in [0.2, 0.25) is 5.95 Å². The summed E-state index contributed by atoms with van der Waals surface area (Å²) < 4.78 is 41.0. The van der Waals surface area contributed by atoms with Crippen molar-refractivity contribution in [1.82, 2.24) is 9.97 Å². The zero-order chi connectivity index (χ0) is 13.3. The van der Waals surface area contributed by atoms with E-state index in [2.05, 4.69) is 14.7 Å². The van der Waals surface area contributed by atoms with Gasteiger partial charge < -0.3 is 16.2 Å². The molecule has 2 aromatic rings. The van der Waals surface area contributed by atoms with Crippen molar-refractivity contribution in [3.05, 3.63) is 18.2 Å². The first kappa shape index (κ1) is 12.2. The average molecular weight is 258 g/mol. The Labute approximate surface area is 99.6 Å². The van der Waals surface area contributed by atoms with Crippen molar-refractivity contribution in [2.45, 2.75) is 6.18 Å². The fraction of sp³-hybridized carbons (Fsp3) is 0.200. The lowest BCUT2D eigenvalue weighted by Crippen LogP contribution is -2.19. The lowest BCUT2D eigenvalue weighted by Gasteiger charge is -2.12. The van der Waals surface area contributed by atoms with Crippen LogP contribution < -0.4 is 16.2 Å². The molecule has 0 aliphatic rings. The maximum absolute atomic E-state index is 12.1. The first-order chi connectivity index (χ1) is 8.37. The second-order valence-electron chi connectivity index (χ2n) is 3.52. The van der Waals surface area contributed by atoms with E-state index < -0.39 is 12.8 Å². The number of halogens is 3. The molecule has 0 bridgehead atoms. The first-order valence-corrected chi connectivity index (χ1v) is 4.88. The van der Waals surface area contributed by atoms with Crippen molar-refractivity contribution in [3.63, 3.8) is 0 Å². The molecule has 0 radical (unpaired) electrons. The van der Waals surface area contributed by atoms with Gasteiger partial charge in [-0.3, -0.25) is 0 Å². The molecule has 18 heavy (non-hydrogen) atoms. The molecule has 0 aliphatic heterocycles. The molecule has 1 heterocycles. The minimum Gasteiger partial charge on any atom is -0.483 e. The van der Waals surface area contributed by atoms with Crippen LogP contribution in [0.2, 0.25) is 0 Å². The maximum Gasteiger partial charge on any atom is 0.422 e. The molecular formula is C10H9F3N4O. The molecule has 0 spiro atoms. The molecule has 0 fully saturated rings. The summed E-state index contributed by atoms with van der Waals surface area (Å²) in [5.41, 5.74) is 11.3. The number of nitrogens with two attached hydrogens (primary N) is 2. The summed E-state index contributed by atoms with van der Waals surface area (Å²) >= 11 is 0. The van der Waals surface area contributed by atoms with E-state index in [9.17, 15) is 13.2 Å². The number of ether oxygens (including phenoxy) is 1. The minimum atomic E-state index is -4.43. The summed E-state index contributed by atoms with van der Waals surface area (Å²) in [6.07, 6.45) is -4.43. The summed E-state index contributed by atoms with van der Waals surface area (Å²) in [4.78, 5) is 7.56. The highest BCUT2D eigenvalue weighted by Crippen LogP contribution is 2.30. The highest BCUT2D eigenvalue weighted by molar-refractivity contribution is 5.94. The van der Waals surface area contributed by atoms with Crippen LogP contribution in [0.25, 0.3) is 10.9 Å². The number of nitrogen functional groups attached to an aromatic ring is 2. The molecule has 5 nitrogen and oxygen atoms in total. The number of hydrogen-bond acceptors (Lipinski definition) is 5. The third kappa shape index (κ3) is 2.53. The van der Waals surface area contributed by atoms with Gasteiger partial charge in [0.05, 0.1) is 10.9 Å². The normalized spacial score (nSPS) is 11.7. The number of fused-ring (bicyclic) bond motifs is 1. The van der Waals surface area contributed by atoms with Crippen LogP contribution in [-0.2, 0) is 0 Å². The van der Waals surface area contributed by atoms with Crippen LogP contribution in [0.15, 0.2) is 18.2 Å². The predicted molar refractivity (Wildman–Crippen MR) is 59.9 cm³/mol. The summed E-state index contributed by atoms with van der Waals surface area (Å²) in [5.74, 6) is -0.0921. The van der Waals surface area contributed by atoms with Gasteiger partial charge in [-0.2, -0.15) is 18.2 Å². The zero-order valence-electron chi connectivity index (χ0n) is 9.03. The van der Waals surface area contributed by atoms with E-state index in [0.717, 1.165) is 0 Å². The van der Waals surface area contributed by atoms with Crippen LogP contribution >= 0.6 is 0 Å². The largest absolute Gasteiger partial charge is 0.483 e. The molecule has 96 valence electrons. The fourth-order valence-electron chi connectivity index (χ4n) is 1.48. The third-order valence-corrected chi connectivity index (χ3v) is 2.12. The minimum absolute atomic E-state index is 0.0183. The highest BCUT2D eigenvalue weighted by Gasteiger charge is 2.28. The SMILES string of the molecule is Nc1nc(N)c2c(OCC(F)(F)F)cccc2n1. The Hall–Kier alpha value is -2.25. The number of hydrogen-bond donors (Lipinski definition) is 2. The molecular weight excluding hydrogens is 249 g/mol. The Kier molecular flexibility index (Phi) is 2.85. The number of alkyl halides is 3. The third-order valence-electron chi connectivity index (χ3n) is 2.12. The maximum atomic E-state index is 12.1. The molecule has 0 atom stereocenters. The van der Waals surface area contributed by atoms with Gasteiger partial charge in [-0.15, -0.1) is 0 Å². The standard InChI is InChI=1S/C10H9F3N4O/c11-10(12,13)4-18-6-3-1-2-5-7(6)8(14)17-9(15)16-5/h1-3H,4H2,(H4,14,15,16,17). The van der Waals surface area contributed by atoms with Gasteiger partial charge in [-0.25, -0.2) is 4.98 Å². The van der Waals surface area contributed by atoms with Gasteiger partial charge in [-0.05, 0) is 12.1 Å². The second kappa shape index (κ2) is 4.21. The number of rotatable bonds is 2. The summed E-state index contributed by atoms with van der Waals surface area (Å²) in [6, 6.07) is 4.42. The molecule has 0 amide bonds. The van der Waals surface area contributed by atoms with Crippen molar-refractivity contribution in [2.75, 3.05) is 18.1 Å². The van der Waals surface area contributed by atoms with E-state index in [1.54, 1.807) is 6.07 Å². The van der Waals surface area contributed by atoms with Gasteiger partial charge in [0.25, 0.3) is 0 Å². The molecule has 2 rings (SSSR count). The van der Waals surface area contributed by atoms with Crippen molar-refractivity contribution in [1.29, 1.82) is 0 Å². The molecule has 0 unspecified atom stereocenters. The molecule has 8 heteroatoms. The van der Waals surface area contributed by atoms with E-state index in [4.69, 9.17) is 11.5 Å². The zero-order valence-corrected chi connectivity index (χ0v) is 9.03. The summed E-state index contributed by atoms with van der Waals surface area (Å²) in [5, 5.41) is 0.218. The van der Waals surface area contributed by atoms with Gasteiger partial charge in [0.1, 0.15) is 11.6 Å². The number of aromatic nitrogens is 2. The van der Waals surface area contributed by atoms with Crippen molar-refractivity contribution < 1.29 is 17.9 Å². The van der Waals surface area contributed by atoms with Crippen LogP contribution in [-0.4, -0.2) is 22.8 Å². The fourth-order valence-corrected chi connectivity index (χ4v) is 1.48. The van der Waals surface area contributed by atoms with Crippen molar-refractivity contribution >= 4 is 22.7 Å². The number of benzene rings is 1. The molecule has 4 N–H and O–H groups in total. The Morgan fingerprint density at radius 1 is 1.17 bits per heavy atom. The summed E-state index contributed by atoms with van der Waals surface area (Å²) in [6.45, 7) is -1.41. The van der Waals surface area contributed by atoms with Crippen LogP contribution in [0.1, 0.15) is 0 Å². The lowest BCUT2D eigenvalue weighted by atomic mass is 10.2. The molecule has 0 saturated carbocycles. The lowest BCUT2D eigenvalue weighted by molar-refractivity contribution is -0.153. The monoisotopic (exact) mass is 258 g/mol. The molecule has 0 aliphatic carbocycles. The van der Waals surface area contributed by atoms with Crippen LogP contribution in [0.4, 0.5) is 24.9 Å². The first-order valence-electron chi connectivity index (χ1n) is 4.88. The number of anilines is 2. The molecule has 1 aromatic heterocycles. The van der Waals surface area contributed by atoms with E-state index in [0.29, 0.717) is 5.52 Å². The highest BCUT2D eigenvalue weighted by atomic mass is 19.4. The second-order valence-corrected chi connectivity index (χ2v) is 3.52. The molecule has 0 saturated heterocycles. The Bertz CT molecular complexity index is 585. The Morgan fingerprint density at radius 3 is 2.56 bits per heavy atom. The Morgan fingerprint density at radius 2 is 1.89 bits per heavy atom. The Balaban J connectivity index is 2.45. The van der Waals surface area contributed by atoms with Gasteiger partial charge in [0, 0.05) is 0 Å². The van der Waals surface area contributed by atoms with Crippen LogP contribution in [0.5, 0.6) is 5.75 Å². The van der Waals surface area contributed by atoms with E-state index in [1.807, 2.05) is 0 Å². The van der Waals surface area contributed by atoms with Crippen LogP contribution in [0, 0.1) is 0 Å². The summed E-state index contributed by atoms with van der Waals surface area (Å²) in [7, 11) is 0. The van der Waals surface area contributed by atoms with Crippen molar-refractivity contribution in [3.8, 4) is 5.75 Å². The van der Waals surface area contributed by atoms with Crippen molar-refractivity contribution in [2.24, 2.45) is 0 Å². The molecule has 1 aromatic carbocycles. The van der Waals surface area contributed by atoms with E-state index in [-0.39, 0.29) is 22.9 Å². The quantitative estimate of drug-likeness (QED) is 0.856. The van der Waals surface area contributed by atoms with E-state index >= 15 is 0 Å². The number of nitrogens with zero attached hydrogens (tertiary/aromatic N) is 2. The van der Waals surface area contributed by atoms with Crippen LogP contribution in [0.3, 0.4) is 0 Å². The van der Waals surface area contributed by atoms with E-state index in [1.165, 1.54) is 12.1 Å². The van der Waals surface area contributed by atoms with Gasteiger partial charge in [-0.1, -0.05) is 6.07 Å². The van der Waals surface area contributed by atoms with Gasteiger partial charge >= 0.3 is 6.18 Å².